The van der Waals surface area contributed by atoms with Gasteiger partial charge in [-0.3, -0.25) is 5.32 Å². The molecule has 0 fully saturated rings. The van der Waals surface area contributed by atoms with E-state index >= 15 is 4.39 Å². The monoisotopic (exact) mass is 583 g/mol. The van der Waals surface area contributed by atoms with Gasteiger partial charge in [-0.1, -0.05) is 11.6 Å². The molecule has 0 bridgehead atoms. The van der Waals surface area contributed by atoms with Crippen molar-refractivity contribution < 1.29 is 28.1 Å². The number of halogens is 2. The van der Waals surface area contributed by atoms with Crippen molar-refractivity contribution in [2.24, 2.45) is 0 Å². The maximum Gasteiger partial charge on any atom is 0.411 e. The van der Waals surface area contributed by atoms with E-state index in [0.717, 1.165) is 11.1 Å². The molecular weight excluding hydrogens is 561 g/mol. The number of methoxy groups -OCH3 is 2. The van der Waals surface area contributed by atoms with Crippen LogP contribution < -0.4 is 19.5 Å². The summed E-state index contributed by atoms with van der Waals surface area (Å²) in [4.78, 5) is 29.7. The van der Waals surface area contributed by atoms with Crippen molar-refractivity contribution in [3.63, 3.8) is 0 Å². The van der Waals surface area contributed by atoms with Gasteiger partial charge in [-0.2, -0.15) is 0 Å². The summed E-state index contributed by atoms with van der Waals surface area (Å²) in [7, 11) is 3.02. The summed E-state index contributed by atoms with van der Waals surface area (Å²) in [6, 6.07) is 8.59. The summed E-state index contributed by atoms with van der Waals surface area (Å²) in [5.41, 5.74) is 3.70. The fourth-order valence-corrected chi connectivity index (χ4v) is 5.18. The Morgan fingerprint density at radius 1 is 1.07 bits per heavy atom. The number of aryl methyl sites for hydroxylation is 1. The summed E-state index contributed by atoms with van der Waals surface area (Å²) in [6.07, 6.45) is 1.57. The molecule has 5 aromatic rings. The van der Waals surface area contributed by atoms with E-state index in [1.165, 1.54) is 44.0 Å². The van der Waals surface area contributed by atoms with E-state index in [-0.39, 0.29) is 17.4 Å². The van der Waals surface area contributed by atoms with Gasteiger partial charge in [0.05, 0.1) is 48.0 Å². The van der Waals surface area contributed by atoms with Crippen molar-refractivity contribution in [3.05, 3.63) is 59.1 Å². The number of nitrogens with one attached hydrogen (secondary N) is 1. The summed E-state index contributed by atoms with van der Waals surface area (Å²) in [5, 5.41) is 2.98. The minimum Gasteiger partial charge on any atom is -0.484 e. The molecular formula is C27H23ClFN5O5S. The summed E-state index contributed by atoms with van der Waals surface area (Å²) < 4.78 is 36.9. The molecule has 0 radical (unpaired) electrons. The molecule has 1 amide bonds. The van der Waals surface area contributed by atoms with Crippen molar-refractivity contribution in [1.29, 1.82) is 0 Å². The highest BCUT2D eigenvalue weighted by Crippen LogP contribution is 2.40. The molecule has 13 heteroatoms. The second-order valence-electron chi connectivity index (χ2n) is 8.70. The van der Waals surface area contributed by atoms with E-state index in [4.69, 9.17) is 30.5 Å². The van der Waals surface area contributed by atoms with Crippen LogP contribution in [0, 0.1) is 12.7 Å². The molecule has 1 unspecified atom stereocenters. The quantitative estimate of drug-likeness (QED) is 0.220. The van der Waals surface area contributed by atoms with E-state index in [2.05, 4.69) is 25.3 Å². The van der Waals surface area contributed by atoms with Crippen LogP contribution in [0.3, 0.4) is 0 Å². The van der Waals surface area contributed by atoms with E-state index in [0.29, 0.717) is 43.7 Å². The Bertz CT molecular complexity index is 1720. The van der Waals surface area contributed by atoms with Crippen LogP contribution in [-0.4, -0.2) is 53.0 Å². The molecule has 0 saturated heterocycles. The lowest BCUT2D eigenvalue weighted by Crippen LogP contribution is -2.24. The SMILES string of the molecule is COc1ccc(NC(=O)OCC(C)Oc2cc3sc(-c4cc(C)cc5nc(OC)cnc45)nc3c(Cl)c2F)cn1. The number of amides is 1. The van der Waals surface area contributed by atoms with Gasteiger partial charge in [0.25, 0.3) is 0 Å². The maximum atomic E-state index is 15.2. The third kappa shape index (κ3) is 5.68. The van der Waals surface area contributed by atoms with Crippen LogP contribution in [0.5, 0.6) is 17.5 Å². The van der Waals surface area contributed by atoms with Crippen molar-refractivity contribution in [2.45, 2.75) is 20.0 Å². The van der Waals surface area contributed by atoms with Gasteiger partial charge < -0.3 is 18.9 Å². The molecule has 0 saturated carbocycles. The number of pyridine rings is 1. The van der Waals surface area contributed by atoms with Gasteiger partial charge in [-0.15, -0.1) is 11.3 Å². The molecule has 0 spiro atoms. The third-order valence-electron chi connectivity index (χ3n) is 5.71. The van der Waals surface area contributed by atoms with Crippen LogP contribution >= 0.6 is 22.9 Å². The Balaban J connectivity index is 1.33. The van der Waals surface area contributed by atoms with Gasteiger partial charge in [-0.25, -0.2) is 29.1 Å². The normalized spacial score (nSPS) is 11.8. The van der Waals surface area contributed by atoms with Crippen LogP contribution in [-0.2, 0) is 4.74 Å². The van der Waals surface area contributed by atoms with Crippen LogP contribution in [0.15, 0.2) is 42.7 Å². The fourth-order valence-electron chi connectivity index (χ4n) is 3.86. The summed E-state index contributed by atoms with van der Waals surface area (Å²) in [5.74, 6) is -0.0331. The Morgan fingerprint density at radius 3 is 2.60 bits per heavy atom. The van der Waals surface area contributed by atoms with E-state index < -0.39 is 18.0 Å². The number of anilines is 1. The molecule has 2 aromatic carbocycles. The number of carbonyl (C=O) groups is 1. The zero-order chi connectivity index (χ0) is 28.4. The smallest absolute Gasteiger partial charge is 0.411 e. The highest BCUT2D eigenvalue weighted by Gasteiger charge is 2.21. The molecule has 1 atom stereocenters. The van der Waals surface area contributed by atoms with Crippen LogP contribution in [0.2, 0.25) is 5.02 Å². The van der Waals surface area contributed by atoms with Gasteiger partial charge in [0.1, 0.15) is 28.3 Å². The van der Waals surface area contributed by atoms with Gasteiger partial charge >= 0.3 is 6.09 Å². The number of ether oxygens (including phenoxy) is 4. The number of benzene rings is 2. The molecule has 10 nitrogen and oxygen atoms in total. The number of nitrogens with zero attached hydrogens (tertiary/aromatic N) is 4. The molecule has 3 heterocycles. The lowest BCUT2D eigenvalue weighted by atomic mass is 10.1. The fraction of sp³-hybridized carbons (Fsp3) is 0.222. The molecule has 3 aromatic heterocycles. The Morgan fingerprint density at radius 2 is 1.88 bits per heavy atom. The number of rotatable bonds is 8. The Labute approximate surface area is 237 Å². The third-order valence-corrected chi connectivity index (χ3v) is 7.09. The van der Waals surface area contributed by atoms with Crippen molar-refractivity contribution in [2.75, 3.05) is 26.1 Å². The number of hydrogen-bond acceptors (Lipinski definition) is 10. The molecule has 0 aliphatic heterocycles. The zero-order valence-corrected chi connectivity index (χ0v) is 23.4. The molecule has 0 aliphatic carbocycles. The van der Waals surface area contributed by atoms with E-state index in [1.807, 2.05) is 19.1 Å². The van der Waals surface area contributed by atoms with Crippen molar-refractivity contribution >= 4 is 56.0 Å². The van der Waals surface area contributed by atoms with Gasteiger partial charge in [-0.05, 0) is 37.6 Å². The maximum absolute atomic E-state index is 15.2. The topological polar surface area (TPSA) is 118 Å². The second kappa shape index (κ2) is 11.4. The molecule has 1 N–H and O–H groups in total. The predicted molar refractivity (Wildman–Crippen MR) is 150 cm³/mol. The molecule has 5 rings (SSSR count). The Kier molecular flexibility index (Phi) is 7.81. The summed E-state index contributed by atoms with van der Waals surface area (Å²) in [6.45, 7) is 3.44. The average Bonchev–Trinajstić information content (AvgIpc) is 3.38. The highest BCUT2D eigenvalue weighted by atomic mass is 35.5. The van der Waals surface area contributed by atoms with E-state index in [9.17, 15) is 4.79 Å². The average molecular weight is 584 g/mol. The second-order valence-corrected chi connectivity index (χ2v) is 10.1. The summed E-state index contributed by atoms with van der Waals surface area (Å²) >= 11 is 7.70. The molecule has 40 heavy (non-hydrogen) atoms. The van der Waals surface area contributed by atoms with E-state index in [1.54, 1.807) is 19.1 Å². The minimum absolute atomic E-state index is 0.0813. The highest BCUT2D eigenvalue weighted by molar-refractivity contribution is 7.21. The first-order valence-electron chi connectivity index (χ1n) is 12.0. The van der Waals surface area contributed by atoms with Gasteiger partial charge in [0.2, 0.25) is 11.8 Å². The number of thiazole rings is 1. The van der Waals surface area contributed by atoms with Crippen LogP contribution in [0.25, 0.3) is 31.8 Å². The molecule has 206 valence electrons. The van der Waals surface area contributed by atoms with Crippen molar-refractivity contribution in [1.82, 2.24) is 19.9 Å². The lowest BCUT2D eigenvalue weighted by Gasteiger charge is -2.16. The first-order valence-corrected chi connectivity index (χ1v) is 13.2. The minimum atomic E-state index is -0.759. The van der Waals surface area contributed by atoms with Crippen molar-refractivity contribution in [3.8, 4) is 28.1 Å². The van der Waals surface area contributed by atoms with Gasteiger partial charge in [0.15, 0.2) is 11.6 Å². The number of carbonyl (C=O) groups excluding carboxylic acids is 1. The van der Waals surface area contributed by atoms with Gasteiger partial charge in [0, 0.05) is 17.7 Å². The molecule has 0 aliphatic rings. The number of fused-ring (bicyclic) bond motifs is 2. The Hall–Kier alpha value is -4.29. The number of aromatic nitrogens is 4. The lowest BCUT2D eigenvalue weighted by molar-refractivity contribution is 0.0969. The zero-order valence-electron chi connectivity index (χ0n) is 21.8. The first kappa shape index (κ1) is 27.3. The predicted octanol–water partition coefficient (Wildman–Crippen LogP) is 6.44. The number of hydrogen-bond donors (Lipinski definition) is 1. The first-order chi connectivity index (χ1) is 19.2. The standard InChI is InChI=1S/C27H23ClFN5O5S/c1-13-7-16(24-17(8-13)33-21(37-4)11-31-24)26-34-25-19(40-26)9-18(23(29)22(25)28)39-14(2)12-38-27(35)32-15-5-6-20(36-3)30-10-15/h5-11,14H,12H2,1-4H3,(H,32,35). The van der Waals surface area contributed by atoms with Crippen LogP contribution in [0.4, 0.5) is 14.9 Å². The van der Waals surface area contributed by atoms with Crippen LogP contribution in [0.1, 0.15) is 12.5 Å². The largest absolute Gasteiger partial charge is 0.484 e.